The zero-order valence-electron chi connectivity index (χ0n) is 13.9. The van der Waals surface area contributed by atoms with Crippen LogP contribution >= 0.6 is 22.6 Å². The average molecular weight is 450 g/mol. The summed E-state index contributed by atoms with van der Waals surface area (Å²) in [6.45, 7) is 0.280. The summed E-state index contributed by atoms with van der Waals surface area (Å²) in [5.41, 5.74) is 4.74. The monoisotopic (exact) mass is 450 g/mol. The number of esters is 2. The standard InChI is InChI=1S/C20H19IO4/c1-24-20(23)13(11-21)10-19(22)25-12-18-16-8-4-2-6-14(16)15-7-3-5-9-17(15)18/h2-9,13,18H,10-12H2,1H3/t13-/m0/s1. The van der Waals surface area contributed by atoms with E-state index < -0.39 is 5.92 Å². The molecule has 0 radical (unpaired) electrons. The topological polar surface area (TPSA) is 52.6 Å². The highest BCUT2D eigenvalue weighted by atomic mass is 127. The lowest BCUT2D eigenvalue weighted by molar-refractivity contribution is -0.152. The Morgan fingerprint density at radius 2 is 1.60 bits per heavy atom. The molecule has 5 heteroatoms. The van der Waals surface area contributed by atoms with E-state index in [0.29, 0.717) is 4.43 Å². The maximum absolute atomic E-state index is 12.2. The van der Waals surface area contributed by atoms with E-state index in [2.05, 4.69) is 46.9 Å². The molecule has 1 aliphatic rings. The van der Waals surface area contributed by atoms with Crippen LogP contribution in [0.5, 0.6) is 0 Å². The van der Waals surface area contributed by atoms with Gasteiger partial charge in [-0.3, -0.25) is 9.59 Å². The van der Waals surface area contributed by atoms with Gasteiger partial charge in [0.25, 0.3) is 0 Å². The molecule has 3 rings (SSSR count). The van der Waals surface area contributed by atoms with Gasteiger partial charge in [-0.25, -0.2) is 0 Å². The summed E-state index contributed by atoms with van der Waals surface area (Å²) in [7, 11) is 1.33. The number of alkyl halides is 1. The zero-order chi connectivity index (χ0) is 17.8. The first-order chi connectivity index (χ1) is 12.2. The summed E-state index contributed by atoms with van der Waals surface area (Å²) in [5.74, 6) is -1.16. The van der Waals surface area contributed by atoms with Crippen LogP contribution in [0.4, 0.5) is 0 Å². The molecule has 0 bridgehead atoms. The van der Waals surface area contributed by atoms with Gasteiger partial charge in [0.05, 0.1) is 19.4 Å². The van der Waals surface area contributed by atoms with E-state index in [-0.39, 0.29) is 30.9 Å². The number of halogens is 1. The molecule has 25 heavy (non-hydrogen) atoms. The van der Waals surface area contributed by atoms with Crippen molar-refractivity contribution in [2.24, 2.45) is 5.92 Å². The van der Waals surface area contributed by atoms with Gasteiger partial charge in [-0.1, -0.05) is 71.1 Å². The molecule has 1 atom stereocenters. The zero-order valence-corrected chi connectivity index (χ0v) is 16.1. The van der Waals surface area contributed by atoms with Gasteiger partial charge in [-0.15, -0.1) is 0 Å². The number of fused-ring (bicyclic) bond motifs is 3. The molecule has 0 spiro atoms. The number of carbonyl (C=O) groups excluding carboxylic acids is 2. The summed E-state index contributed by atoms with van der Waals surface area (Å²) in [6.07, 6.45) is 0.0472. The number of hydrogen-bond acceptors (Lipinski definition) is 4. The first-order valence-corrected chi connectivity index (χ1v) is 9.66. The van der Waals surface area contributed by atoms with Crippen molar-refractivity contribution in [2.75, 3.05) is 18.1 Å². The minimum Gasteiger partial charge on any atom is -0.469 e. The highest BCUT2D eigenvalue weighted by molar-refractivity contribution is 14.1. The van der Waals surface area contributed by atoms with E-state index in [0.717, 1.165) is 0 Å². The van der Waals surface area contributed by atoms with Crippen LogP contribution in [0, 0.1) is 5.92 Å². The molecule has 1 aliphatic carbocycles. The van der Waals surface area contributed by atoms with Crippen molar-refractivity contribution in [1.82, 2.24) is 0 Å². The van der Waals surface area contributed by atoms with E-state index in [9.17, 15) is 9.59 Å². The molecular weight excluding hydrogens is 431 g/mol. The molecule has 0 saturated carbocycles. The third kappa shape index (κ3) is 3.71. The molecule has 0 saturated heterocycles. The molecule has 130 valence electrons. The lowest BCUT2D eigenvalue weighted by Crippen LogP contribution is -2.23. The second-order valence-corrected chi connectivity index (χ2v) is 6.87. The molecule has 0 amide bonds. The van der Waals surface area contributed by atoms with Crippen LogP contribution in [-0.4, -0.2) is 30.1 Å². The van der Waals surface area contributed by atoms with Crippen LogP contribution in [-0.2, 0) is 19.1 Å². The van der Waals surface area contributed by atoms with E-state index in [1.807, 2.05) is 24.3 Å². The molecule has 0 unspecified atom stereocenters. The summed E-state index contributed by atoms with van der Waals surface area (Å²) in [6, 6.07) is 16.4. The summed E-state index contributed by atoms with van der Waals surface area (Å²) >= 11 is 2.08. The Morgan fingerprint density at radius 3 is 2.12 bits per heavy atom. The quantitative estimate of drug-likeness (QED) is 0.380. The molecule has 0 N–H and O–H groups in total. The fourth-order valence-corrected chi connectivity index (χ4v) is 3.91. The lowest BCUT2D eigenvalue weighted by atomic mass is 9.98. The van der Waals surface area contributed by atoms with Gasteiger partial charge in [0.15, 0.2) is 0 Å². The highest BCUT2D eigenvalue weighted by Gasteiger charge is 2.29. The minimum atomic E-state index is -0.457. The Labute approximate surface area is 160 Å². The highest BCUT2D eigenvalue weighted by Crippen LogP contribution is 2.44. The van der Waals surface area contributed by atoms with Crippen LogP contribution in [0.3, 0.4) is 0 Å². The van der Waals surface area contributed by atoms with Crippen molar-refractivity contribution in [1.29, 1.82) is 0 Å². The number of hydrogen-bond donors (Lipinski definition) is 0. The Hall–Kier alpha value is -1.89. The normalized spacial score (nSPS) is 13.7. The van der Waals surface area contributed by atoms with Gasteiger partial charge in [0, 0.05) is 10.3 Å². The predicted octanol–water partition coefficient (Wildman–Crippen LogP) is 3.96. The third-order valence-corrected chi connectivity index (χ3v) is 5.57. The second-order valence-electron chi connectivity index (χ2n) is 5.99. The Bertz CT molecular complexity index is 741. The minimum absolute atomic E-state index is 0.0347. The van der Waals surface area contributed by atoms with Gasteiger partial charge in [-0.2, -0.15) is 0 Å². The fourth-order valence-electron chi connectivity index (χ4n) is 3.24. The van der Waals surface area contributed by atoms with Crippen LogP contribution in [0.25, 0.3) is 11.1 Å². The molecule has 0 aliphatic heterocycles. The molecule has 0 aromatic heterocycles. The van der Waals surface area contributed by atoms with Crippen molar-refractivity contribution in [2.45, 2.75) is 12.3 Å². The Morgan fingerprint density at radius 1 is 1.04 bits per heavy atom. The molecule has 0 heterocycles. The van der Waals surface area contributed by atoms with Crippen LogP contribution in [0.1, 0.15) is 23.5 Å². The smallest absolute Gasteiger partial charge is 0.310 e. The van der Waals surface area contributed by atoms with Gasteiger partial charge >= 0.3 is 11.9 Å². The predicted molar refractivity (Wildman–Crippen MR) is 104 cm³/mol. The Balaban J connectivity index is 1.71. The first kappa shape index (κ1) is 17.9. The van der Waals surface area contributed by atoms with E-state index in [1.165, 1.54) is 29.4 Å². The van der Waals surface area contributed by atoms with E-state index in [1.54, 1.807) is 0 Å². The van der Waals surface area contributed by atoms with Crippen molar-refractivity contribution < 1.29 is 19.1 Å². The molecule has 2 aromatic carbocycles. The van der Waals surface area contributed by atoms with Crippen LogP contribution in [0.15, 0.2) is 48.5 Å². The second kappa shape index (κ2) is 7.99. The fraction of sp³-hybridized carbons (Fsp3) is 0.300. The lowest BCUT2D eigenvalue weighted by Gasteiger charge is -2.15. The molecular formula is C20H19IO4. The maximum Gasteiger partial charge on any atom is 0.310 e. The average Bonchev–Trinajstić information content (AvgIpc) is 2.98. The number of ether oxygens (including phenoxy) is 2. The summed E-state index contributed by atoms with van der Waals surface area (Å²) < 4.78 is 10.8. The van der Waals surface area contributed by atoms with Crippen molar-refractivity contribution in [3.63, 3.8) is 0 Å². The Kier molecular flexibility index (Phi) is 5.73. The van der Waals surface area contributed by atoms with Crippen molar-refractivity contribution in [3.05, 3.63) is 59.7 Å². The first-order valence-electron chi connectivity index (χ1n) is 8.13. The van der Waals surface area contributed by atoms with Crippen molar-refractivity contribution in [3.8, 4) is 11.1 Å². The molecule has 0 fully saturated rings. The molecule has 4 nitrogen and oxygen atoms in total. The third-order valence-electron chi connectivity index (χ3n) is 4.51. The number of benzene rings is 2. The van der Waals surface area contributed by atoms with E-state index in [4.69, 9.17) is 9.47 Å². The van der Waals surface area contributed by atoms with Crippen LogP contribution in [0.2, 0.25) is 0 Å². The largest absolute Gasteiger partial charge is 0.469 e. The summed E-state index contributed by atoms with van der Waals surface area (Å²) in [5, 5.41) is 0. The van der Waals surface area contributed by atoms with Crippen molar-refractivity contribution >= 4 is 34.5 Å². The number of methoxy groups -OCH3 is 1. The molecule has 2 aromatic rings. The van der Waals surface area contributed by atoms with Gasteiger partial charge in [0.2, 0.25) is 0 Å². The number of rotatable bonds is 6. The SMILES string of the molecule is COC(=O)[C@H](CI)CC(=O)OCC1c2ccccc2-c2ccccc21. The summed E-state index contributed by atoms with van der Waals surface area (Å²) in [4.78, 5) is 23.8. The van der Waals surface area contributed by atoms with Gasteiger partial charge < -0.3 is 9.47 Å². The van der Waals surface area contributed by atoms with Crippen LogP contribution < -0.4 is 0 Å². The van der Waals surface area contributed by atoms with Gasteiger partial charge in [0.1, 0.15) is 6.61 Å². The van der Waals surface area contributed by atoms with E-state index >= 15 is 0 Å². The van der Waals surface area contributed by atoms with Gasteiger partial charge in [-0.05, 0) is 22.3 Å². The number of carbonyl (C=O) groups is 2. The maximum atomic E-state index is 12.2.